The van der Waals surface area contributed by atoms with Gasteiger partial charge in [0.05, 0.1) is 18.8 Å². The summed E-state index contributed by atoms with van der Waals surface area (Å²) in [4.78, 5) is 11.3. The molecule has 1 atom stereocenters. The molecule has 0 aliphatic carbocycles. The summed E-state index contributed by atoms with van der Waals surface area (Å²) in [6.07, 6.45) is 5.76. The van der Waals surface area contributed by atoms with Crippen molar-refractivity contribution in [2.45, 2.75) is 25.2 Å². The van der Waals surface area contributed by atoms with Gasteiger partial charge in [-0.05, 0) is 36.1 Å². The summed E-state index contributed by atoms with van der Waals surface area (Å²) >= 11 is 0. The number of methoxy groups -OCH3 is 1. The van der Waals surface area contributed by atoms with Crippen molar-refractivity contribution in [1.82, 2.24) is 0 Å². The molecule has 3 rings (SSSR count). The fraction of sp³-hybridized carbons (Fsp3) is 0.318. The number of aromatic carboxylic acids is 1. The van der Waals surface area contributed by atoms with E-state index in [0.717, 1.165) is 24.2 Å². The third-order valence-electron chi connectivity index (χ3n) is 4.90. The maximum atomic E-state index is 11.3. The van der Waals surface area contributed by atoms with E-state index in [4.69, 9.17) is 9.47 Å². The van der Waals surface area contributed by atoms with Crippen LogP contribution >= 0.6 is 0 Å². The summed E-state index contributed by atoms with van der Waals surface area (Å²) in [7, 11) is 1.73. The molecule has 4 nitrogen and oxygen atoms in total. The molecule has 1 aliphatic rings. The van der Waals surface area contributed by atoms with E-state index in [1.54, 1.807) is 25.3 Å². The van der Waals surface area contributed by atoms with Crippen LogP contribution in [0.3, 0.4) is 0 Å². The number of ether oxygens (including phenoxy) is 2. The predicted octanol–water partition coefficient (Wildman–Crippen LogP) is 4.63. The maximum Gasteiger partial charge on any atom is 0.336 e. The van der Waals surface area contributed by atoms with Crippen LogP contribution in [0.15, 0.2) is 42.5 Å². The monoisotopic (exact) mass is 352 g/mol. The first-order valence-corrected chi connectivity index (χ1v) is 8.80. The van der Waals surface area contributed by atoms with Crippen molar-refractivity contribution < 1.29 is 19.4 Å². The Morgan fingerprint density at radius 3 is 2.85 bits per heavy atom. The van der Waals surface area contributed by atoms with Crippen LogP contribution < -0.4 is 4.74 Å². The van der Waals surface area contributed by atoms with Gasteiger partial charge >= 0.3 is 5.97 Å². The van der Waals surface area contributed by atoms with Crippen molar-refractivity contribution in [3.8, 4) is 5.75 Å². The second-order valence-electron chi connectivity index (χ2n) is 6.93. The Bertz CT molecular complexity index is 825. The highest BCUT2D eigenvalue weighted by molar-refractivity contribution is 5.93. The Kier molecular flexibility index (Phi) is 5.43. The van der Waals surface area contributed by atoms with Crippen molar-refractivity contribution in [1.29, 1.82) is 0 Å². The van der Waals surface area contributed by atoms with Crippen molar-refractivity contribution in [2.75, 3.05) is 20.3 Å². The van der Waals surface area contributed by atoms with E-state index < -0.39 is 5.97 Å². The summed E-state index contributed by atoms with van der Waals surface area (Å²) in [6, 6.07) is 13.1. The number of carboxylic acids is 1. The van der Waals surface area contributed by atoms with E-state index in [9.17, 15) is 9.90 Å². The molecule has 0 fully saturated rings. The van der Waals surface area contributed by atoms with Crippen LogP contribution in [-0.4, -0.2) is 31.4 Å². The second-order valence-corrected chi connectivity index (χ2v) is 6.93. The van der Waals surface area contributed by atoms with Gasteiger partial charge in [-0.3, -0.25) is 0 Å². The molecule has 0 saturated carbocycles. The largest absolute Gasteiger partial charge is 0.493 e. The Hall–Kier alpha value is -2.59. The minimum absolute atomic E-state index is 0.0568. The van der Waals surface area contributed by atoms with Crippen LogP contribution in [0.25, 0.3) is 12.2 Å². The first-order valence-electron chi connectivity index (χ1n) is 8.80. The lowest BCUT2D eigenvalue weighted by molar-refractivity contribution is 0.0696. The summed E-state index contributed by atoms with van der Waals surface area (Å²) in [5.74, 6) is -0.0402. The second kappa shape index (κ2) is 7.75. The number of carbonyl (C=O) groups is 1. The van der Waals surface area contributed by atoms with Gasteiger partial charge in [0, 0.05) is 18.1 Å². The highest BCUT2D eigenvalue weighted by Crippen LogP contribution is 2.39. The number of rotatable bonds is 5. The molecule has 136 valence electrons. The standard InChI is InChI=1S/C22H24O4/c1-22(15-25-2)12-5-13-26-20-14-16(9-11-19(20)22)8-10-17-6-3-4-7-18(17)21(23)24/h3-4,6-11,14H,5,12-13,15H2,1-2H3,(H,23,24)/b10-8+. The van der Waals surface area contributed by atoms with Crippen molar-refractivity contribution in [3.05, 3.63) is 64.7 Å². The number of benzene rings is 2. The van der Waals surface area contributed by atoms with Crippen LogP contribution in [0, 0.1) is 0 Å². The van der Waals surface area contributed by atoms with Gasteiger partial charge in [-0.15, -0.1) is 0 Å². The van der Waals surface area contributed by atoms with Crippen molar-refractivity contribution in [2.24, 2.45) is 0 Å². The molecule has 26 heavy (non-hydrogen) atoms. The van der Waals surface area contributed by atoms with E-state index in [-0.39, 0.29) is 5.41 Å². The topological polar surface area (TPSA) is 55.8 Å². The van der Waals surface area contributed by atoms with Gasteiger partial charge in [-0.1, -0.05) is 49.4 Å². The molecule has 2 aromatic carbocycles. The Morgan fingerprint density at radius 1 is 1.27 bits per heavy atom. The molecule has 0 radical (unpaired) electrons. The highest BCUT2D eigenvalue weighted by atomic mass is 16.5. The van der Waals surface area contributed by atoms with Crippen molar-refractivity contribution >= 4 is 18.1 Å². The van der Waals surface area contributed by atoms with Gasteiger partial charge < -0.3 is 14.6 Å². The lowest BCUT2D eigenvalue weighted by Crippen LogP contribution is -2.27. The predicted molar refractivity (Wildman–Crippen MR) is 103 cm³/mol. The SMILES string of the molecule is COCC1(C)CCCOc2cc(/C=C/c3ccccc3C(=O)O)ccc21. The molecule has 0 saturated heterocycles. The molecule has 4 heteroatoms. The van der Waals surface area contributed by atoms with Gasteiger partial charge in [-0.2, -0.15) is 0 Å². The third kappa shape index (κ3) is 3.81. The van der Waals surface area contributed by atoms with Crippen LogP contribution in [0.1, 0.15) is 46.8 Å². The zero-order valence-corrected chi connectivity index (χ0v) is 15.2. The van der Waals surface area contributed by atoms with Gasteiger partial charge in [0.1, 0.15) is 5.75 Å². The van der Waals surface area contributed by atoms with Crippen LogP contribution in [0.4, 0.5) is 0 Å². The first kappa shape index (κ1) is 18.2. The molecule has 2 aromatic rings. The average molecular weight is 352 g/mol. The van der Waals surface area contributed by atoms with Gasteiger partial charge in [0.15, 0.2) is 0 Å². The first-order chi connectivity index (χ1) is 12.5. The van der Waals surface area contributed by atoms with E-state index in [0.29, 0.717) is 24.3 Å². The fourth-order valence-corrected chi connectivity index (χ4v) is 3.53. The van der Waals surface area contributed by atoms with E-state index in [2.05, 4.69) is 13.0 Å². The lowest BCUT2D eigenvalue weighted by atomic mass is 9.79. The average Bonchev–Trinajstić information content (AvgIpc) is 2.79. The number of hydrogen-bond acceptors (Lipinski definition) is 3. The van der Waals surface area contributed by atoms with Crippen LogP contribution in [0.5, 0.6) is 5.75 Å². The molecule has 0 spiro atoms. The lowest BCUT2D eigenvalue weighted by Gasteiger charge is -2.28. The molecule has 0 bridgehead atoms. The summed E-state index contributed by atoms with van der Waals surface area (Å²) in [5.41, 5.74) is 3.06. The zero-order chi connectivity index (χ0) is 18.6. The normalized spacial score (nSPS) is 19.6. The van der Waals surface area contributed by atoms with E-state index in [1.807, 2.05) is 30.4 Å². The quantitative estimate of drug-likeness (QED) is 0.797. The highest BCUT2D eigenvalue weighted by Gasteiger charge is 2.31. The van der Waals surface area contributed by atoms with Gasteiger partial charge in [0.25, 0.3) is 0 Å². The fourth-order valence-electron chi connectivity index (χ4n) is 3.53. The van der Waals surface area contributed by atoms with Crippen LogP contribution in [-0.2, 0) is 10.2 Å². The molecular formula is C22H24O4. The molecule has 1 N–H and O–H groups in total. The van der Waals surface area contributed by atoms with Gasteiger partial charge in [-0.25, -0.2) is 4.79 Å². The van der Waals surface area contributed by atoms with Crippen molar-refractivity contribution in [3.63, 3.8) is 0 Å². The zero-order valence-electron chi connectivity index (χ0n) is 15.2. The molecule has 1 unspecified atom stereocenters. The Labute approximate surface area is 154 Å². The number of carboxylic acid groups (broad SMARTS) is 1. The third-order valence-corrected chi connectivity index (χ3v) is 4.90. The Balaban J connectivity index is 1.92. The van der Waals surface area contributed by atoms with Gasteiger partial charge in [0.2, 0.25) is 0 Å². The molecule has 1 aliphatic heterocycles. The number of fused-ring (bicyclic) bond motifs is 1. The number of hydrogen-bond donors (Lipinski definition) is 1. The summed E-state index contributed by atoms with van der Waals surface area (Å²) < 4.78 is 11.4. The minimum atomic E-state index is -0.925. The maximum absolute atomic E-state index is 11.3. The van der Waals surface area contributed by atoms with Crippen LogP contribution in [0.2, 0.25) is 0 Å². The van der Waals surface area contributed by atoms with E-state index >= 15 is 0 Å². The Morgan fingerprint density at radius 2 is 2.08 bits per heavy atom. The molecule has 1 heterocycles. The van der Waals surface area contributed by atoms with E-state index in [1.165, 1.54) is 5.56 Å². The smallest absolute Gasteiger partial charge is 0.336 e. The molecule has 0 aromatic heterocycles. The molecular weight excluding hydrogens is 328 g/mol. The summed E-state index contributed by atoms with van der Waals surface area (Å²) in [6.45, 7) is 3.56. The summed E-state index contributed by atoms with van der Waals surface area (Å²) in [5, 5.41) is 9.29. The minimum Gasteiger partial charge on any atom is -0.493 e. The molecule has 0 amide bonds.